The van der Waals surface area contributed by atoms with Crippen LogP contribution in [0, 0.1) is 62.6 Å². The summed E-state index contributed by atoms with van der Waals surface area (Å²) in [5.41, 5.74) is -1.86. The molecule has 0 spiro atoms. The van der Waals surface area contributed by atoms with Crippen LogP contribution in [-0.4, -0.2) is 226 Å². The van der Waals surface area contributed by atoms with Crippen LogP contribution < -0.4 is 0 Å². The third kappa shape index (κ3) is 9.62. The van der Waals surface area contributed by atoms with Crippen molar-refractivity contribution in [1.82, 2.24) is 0 Å². The molecule has 3 aliphatic heterocycles. The van der Waals surface area contributed by atoms with E-state index in [0.717, 1.165) is 18.4 Å². The van der Waals surface area contributed by atoms with Crippen LogP contribution in [0.5, 0.6) is 0 Å². The van der Waals surface area contributed by atoms with E-state index in [1.54, 1.807) is 6.92 Å². The summed E-state index contributed by atoms with van der Waals surface area (Å²) >= 11 is 0. The Bertz CT molecular complexity index is 2100. The Morgan fingerprint density at radius 1 is 0.597 bits per heavy atom. The number of hydrogen-bond acceptors (Lipinski definition) is 22. The van der Waals surface area contributed by atoms with Crippen molar-refractivity contribution in [2.45, 2.75) is 241 Å². The normalized spacial score (nSPS) is 55.5. The molecular formula is C55H90O22. The number of carbonyl (C=O) groups excluding carboxylic acids is 1. The smallest absolute Gasteiger partial charge is 0.314 e. The number of rotatable bonds is 12. The lowest BCUT2D eigenvalue weighted by molar-refractivity contribution is -0.338. The van der Waals surface area contributed by atoms with Crippen molar-refractivity contribution in [3.05, 3.63) is 12.2 Å². The number of carbonyl (C=O) groups is 1. The van der Waals surface area contributed by atoms with Gasteiger partial charge in [-0.05, 0) is 128 Å². The number of allylic oxidation sites excluding steroid dienone is 1. The monoisotopic (exact) mass is 1100 g/mol. The average molecular weight is 1100 g/mol. The molecule has 9 fully saturated rings. The predicted molar refractivity (Wildman–Crippen MR) is 266 cm³/mol. The van der Waals surface area contributed by atoms with E-state index in [4.69, 9.17) is 33.2 Å². The molecule has 0 radical (unpaired) electrons. The third-order valence-electron chi connectivity index (χ3n) is 22.2. The van der Waals surface area contributed by atoms with Crippen LogP contribution in [0.4, 0.5) is 0 Å². The van der Waals surface area contributed by atoms with E-state index in [9.17, 15) is 71.5 Å². The van der Waals surface area contributed by atoms with E-state index < -0.39 is 177 Å². The second-order valence-corrected chi connectivity index (χ2v) is 26.5. The van der Waals surface area contributed by atoms with Gasteiger partial charge < -0.3 is 105 Å². The SMILES string of the molecule is C=C(C)[C@@H]1CC[C@]2(C(=O)O[C@@H]3O[C@H](CO[C@@H]4O[C@H](CO)[C@@H](O[C@@H]5C[C@@H](C)[C@H](O)[C@@H](O)[C@H]5O)[C@H](O)[C@H]4O)[C@H](O)[C@H](O)[C@H]3O)CC[C@]3(C)[C@H](C[C@@H](O)[C@@H]4[C@@]5(C)CC[C@@H](O[C@@H]6O[C@H](CO)[C@H](O)[C@H](O)[C@H]6O)C(C)(C)[C@@H]5CC[C@]43C)[C@@H]12. The quantitative estimate of drug-likeness (QED) is 0.0600. The number of aliphatic hydroxyl groups excluding tert-OH is 14. The van der Waals surface area contributed by atoms with Gasteiger partial charge in [0.2, 0.25) is 6.29 Å². The van der Waals surface area contributed by atoms with Gasteiger partial charge in [-0.25, -0.2) is 0 Å². The van der Waals surface area contributed by atoms with Crippen molar-refractivity contribution in [2.24, 2.45) is 62.6 Å². The van der Waals surface area contributed by atoms with E-state index in [0.29, 0.717) is 44.9 Å². The predicted octanol–water partition coefficient (Wildman–Crippen LogP) is -1.52. The van der Waals surface area contributed by atoms with Crippen molar-refractivity contribution in [1.29, 1.82) is 0 Å². The maximum Gasteiger partial charge on any atom is 0.314 e. The summed E-state index contributed by atoms with van der Waals surface area (Å²) in [5.74, 6) is -1.86. The van der Waals surface area contributed by atoms with Crippen molar-refractivity contribution >= 4 is 5.97 Å². The molecule has 6 saturated carbocycles. The summed E-state index contributed by atoms with van der Waals surface area (Å²) in [6.07, 6.45) is -25.1. The number of esters is 1. The molecule has 0 aromatic rings. The molecule has 22 nitrogen and oxygen atoms in total. The second kappa shape index (κ2) is 21.9. The van der Waals surface area contributed by atoms with Gasteiger partial charge in [0.15, 0.2) is 12.6 Å². The summed E-state index contributed by atoms with van der Waals surface area (Å²) in [5, 5.41) is 152. The van der Waals surface area contributed by atoms with Gasteiger partial charge in [-0.1, -0.05) is 53.7 Å². The number of fused-ring (bicyclic) bond motifs is 7. The minimum atomic E-state index is -1.89. The second-order valence-electron chi connectivity index (χ2n) is 26.5. The summed E-state index contributed by atoms with van der Waals surface area (Å²) < 4.78 is 42.0. The van der Waals surface area contributed by atoms with Crippen molar-refractivity contribution in [2.75, 3.05) is 19.8 Å². The van der Waals surface area contributed by atoms with E-state index in [1.807, 2.05) is 6.92 Å². The highest BCUT2D eigenvalue weighted by atomic mass is 16.7. The maximum absolute atomic E-state index is 15.2. The zero-order valence-electron chi connectivity index (χ0n) is 45.5. The van der Waals surface area contributed by atoms with Crippen LogP contribution in [-0.2, 0) is 38.0 Å². The van der Waals surface area contributed by atoms with Crippen molar-refractivity contribution in [3.8, 4) is 0 Å². The first-order chi connectivity index (χ1) is 36.0. The first-order valence-electron chi connectivity index (χ1n) is 28.2. The third-order valence-corrected chi connectivity index (χ3v) is 22.2. The van der Waals surface area contributed by atoms with Gasteiger partial charge in [-0.15, -0.1) is 0 Å². The number of ether oxygens (including phenoxy) is 7. The summed E-state index contributed by atoms with van der Waals surface area (Å²) in [7, 11) is 0. The molecule has 9 rings (SSSR count). The van der Waals surface area contributed by atoms with Gasteiger partial charge in [0.1, 0.15) is 85.5 Å². The number of aliphatic hydroxyl groups is 14. The molecule has 6 aliphatic carbocycles. The molecule has 0 aromatic carbocycles. The lowest BCUT2D eigenvalue weighted by Crippen LogP contribution is -2.70. The summed E-state index contributed by atoms with van der Waals surface area (Å²) in [6, 6.07) is 0. The minimum Gasteiger partial charge on any atom is -0.432 e. The molecule has 0 amide bonds. The van der Waals surface area contributed by atoms with Gasteiger partial charge >= 0.3 is 5.97 Å². The van der Waals surface area contributed by atoms with Crippen LogP contribution in [0.1, 0.15) is 113 Å². The first kappa shape index (κ1) is 60.0. The molecule has 77 heavy (non-hydrogen) atoms. The highest BCUT2D eigenvalue weighted by Crippen LogP contribution is 2.78. The molecular weight excluding hydrogens is 1010 g/mol. The van der Waals surface area contributed by atoms with E-state index in [2.05, 4.69) is 41.2 Å². The van der Waals surface area contributed by atoms with Crippen molar-refractivity contribution in [3.63, 3.8) is 0 Å². The molecule has 3 saturated heterocycles. The lowest BCUT2D eigenvalue weighted by Gasteiger charge is -2.73. The molecule has 0 unspecified atom stereocenters. The average Bonchev–Trinajstić information content (AvgIpc) is 4.02. The Kier molecular flexibility index (Phi) is 17.0. The molecule has 3 heterocycles. The fraction of sp³-hybridized carbons (Fsp3) is 0.945. The standard InChI is InChI=1S/C55H90O22/c1-22(2)24-9-14-55(50(70)77-49-43(68)40(65)37(62)30(75-49)21-71-47-44(69)41(66)45(29(20-57)74-47)72-27-17-23(3)34(59)38(63)35(27)60)16-15-53(7)25(33(24)55)18-26(58)46-52(6)12-11-32(51(4,5)31(52)10-13-54(46,53)8)76-48-42(67)39(64)36(61)28(19-56)73-48/h23-49,56-69H,1,9-21H2,2-8H3/t23-,24+,25-,26-,27-,28-,29-,30-,31+,32-,33-,34+,35+,36+,37+,38-,39+,40+,41-,42-,43-,44-,45-,46-,47-,48+,49+,52+,53-,54-,55+/m1/s1. The number of hydrogen-bond donors (Lipinski definition) is 14. The van der Waals surface area contributed by atoms with Crippen LogP contribution in [0.2, 0.25) is 0 Å². The Hall–Kier alpha value is -1.59. The van der Waals surface area contributed by atoms with Gasteiger partial charge in [0.25, 0.3) is 0 Å². The van der Waals surface area contributed by atoms with Crippen molar-refractivity contribution < 1.29 is 109 Å². The van der Waals surface area contributed by atoms with E-state index in [1.165, 1.54) is 0 Å². The van der Waals surface area contributed by atoms with E-state index >= 15 is 4.79 Å². The van der Waals surface area contributed by atoms with Gasteiger partial charge in [0.05, 0.1) is 49.7 Å². The van der Waals surface area contributed by atoms with Crippen LogP contribution in [0.3, 0.4) is 0 Å². The minimum absolute atomic E-state index is 0.0554. The van der Waals surface area contributed by atoms with Gasteiger partial charge in [0, 0.05) is 0 Å². The topological polar surface area (TPSA) is 365 Å². The lowest BCUT2D eigenvalue weighted by atomic mass is 9.31. The fourth-order valence-corrected chi connectivity index (χ4v) is 17.8. The molecule has 9 aliphatic rings. The largest absolute Gasteiger partial charge is 0.432 e. The van der Waals surface area contributed by atoms with Gasteiger partial charge in [-0.2, -0.15) is 0 Å². The highest BCUT2D eigenvalue weighted by Gasteiger charge is 2.74. The molecule has 0 aromatic heterocycles. The summed E-state index contributed by atoms with van der Waals surface area (Å²) in [6.45, 7) is 17.2. The zero-order chi connectivity index (χ0) is 56.4. The fourth-order valence-electron chi connectivity index (χ4n) is 17.8. The Morgan fingerprint density at radius 3 is 1.84 bits per heavy atom. The molecule has 0 bridgehead atoms. The molecule has 442 valence electrons. The highest BCUT2D eigenvalue weighted by molar-refractivity contribution is 5.78. The molecule has 22 heteroatoms. The molecule has 14 N–H and O–H groups in total. The Balaban J connectivity index is 0.892. The molecule has 31 atom stereocenters. The first-order valence-corrected chi connectivity index (χ1v) is 28.2. The Morgan fingerprint density at radius 2 is 1.19 bits per heavy atom. The van der Waals surface area contributed by atoms with E-state index in [-0.39, 0.29) is 46.8 Å². The Labute approximate surface area is 450 Å². The summed E-state index contributed by atoms with van der Waals surface area (Å²) in [4.78, 5) is 15.2. The van der Waals surface area contributed by atoms with Crippen LogP contribution in [0.25, 0.3) is 0 Å². The van der Waals surface area contributed by atoms with Gasteiger partial charge in [-0.3, -0.25) is 4.79 Å². The van der Waals surface area contributed by atoms with Crippen LogP contribution >= 0.6 is 0 Å². The zero-order valence-corrected chi connectivity index (χ0v) is 45.5. The maximum atomic E-state index is 15.2. The van der Waals surface area contributed by atoms with Crippen LogP contribution in [0.15, 0.2) is 12.2 Å².